The molecule has 2 amide bonds. The highest BCUT2D eigenvalue weighted by molar-refractivity contribution is 8.18. The van der Waals surface area contributed by atoms with Crippen LogP contribution in [-0.2, 0) is 20.9 Å². The third-order valence-electron chi connectivity index (χ3n) is 3.01. The van der Waals surface area contributed by atoms with E-state index in [1.165, 1.54) is 0 Å². The Bertz CT molecular complexity index is 633. The second kappa shape index (κ2) is 6.83. The number of aromatic nitrogens is 1. The van der Waals surface area contributed by atoms with Gasteiger partial charge in [-0.2, -0.15) is 0 Å². The second-order valence-corrected chi connectivity index (χ2v) is 6.02. The lowest BCUT2D eigenvalue weighted by Gasteiger charge is -2.13. The highest BCUT2D eigenvalue weighted by Crippen LogP contribution is 2.32. The van der Waals surface area contributed by atoms with Crippen molar-refractivity contribution in [2.75, 3.05) is 6.54 Å². The zero-order chi connectivity index (χ0) is 16.3. The number of amides is 2. The highest BCUT2D eigenvalue weighted by Gasteiger charge is 2.36. The van der Waals surface area contributed by atoms with Crippen molar-refractivity contribution in [2.45, 2.75) is 33.4 Å². The van der Waals surface area contributed by atoms with Crippen LogP contribution in [0.5, 0.6) is 0 Å². The smallest absolute Gasteiger partial charge is 0.326 e. The molecule has 1 aliphatic rings. The Labute approximate surface area is 133 Å². The van der Waals surface area contributed by atoms with Crippen LogP contribution in [0.4, 0.5) is 4.79 Å². The minimum absolute atomic E-state index is 0.282. The fourth-order valence-corrected chi connectivity index (χ4v) is 2.87. The van der Waals surface area contributed by atoms with Gasteiger partial charge in [-0.1, -0.05) is 0 Å². The summed E-state index contributed by atoms with van der Waals surface area (Å²) in [6.07, 6.45) is 3.29. The van der Waals surface area contributed by atoms with Gasteiger partial charge in [0.05, 0.1) is 11.0 Å². The summed E-state index contributed by atoms with van der Waals surface area (Å²) in [6.45, 7) is 5.83. The van der Waals surface area contributed by atoms with Crippen molar-refractivity contribution < 1.29 is 19.1 Å². The number of hydrogen-bond acceptors (Lipinski definition) is 5. The quantitative estimate of drug-likeness (QED) is 0.615. The van der Waals surface area contributed by atoms with Crippen molar-refractivity contribution >= 4 is 35.0 Å². The fraction of sp³-hybridized carbons (Fsp3) is 0.400. The Morgan fingerprint density at radius 1 is 1.41 bits per heavy atom. The van der Waals surface area contributed by atoms with Crippen LogP contribution in [0.3, 0.4) is 0 Å². The first-order chi connectivity index (χ1) is 10.4. The summed E-state index contributed by atoms with van der Waals surface area (Å²) in [5.41, 5.74) is 0.845. The number of ether oxygens (including phenoxy) is 1. The average Bonchev–Trinajstić information content (AvgIpc) is 2.98. The molecule has 0 aromatic carbocycles. The van der Waals surface area contributed by atoms with Crippen molar-refractivity contribution in [1.29, 1.82) is 0 Å². The maximum Gasteiger partial charge on any atom is 0.326 e. The zero-order valence-corrected chi connectivity index (χ0v) is 13.6. The molecule has 0 unspecified atom stereocenters. The molecular formula is C15H18N2O4S. The Kier molecular flexibility index (Phi) is 5.07. The van der Waals surface area contributed by atoms with Crippen molar-refractivity contribution in [3.05, 3.63) is 28.9 Å². The van der Waals surface area contributed by atoms with Crippen LogP contribution >= 0.6 is 11.8 Å². The minimum atomic E-state index is -0.588. The first-order valence-electron chi connectivity index (χ1n) is 7.02. The third-order valence-corrected chi connectivity index (χ3v) is 3.92. The Balaban J connectivity index is 2.13. The molecule has 0 N–H and O–H groups in total. The second-order valence-electron chi connectivity index (χ2n) is 5.03. The molecule has 7 heteroatoms. The summed E-state index contributed by atoms with van der Waals surface area (Å²) in [7, 11) is 0. The lowest BCUT2D eigenvalue weighted by molar-refractivity contribution is -0.149. The molecule has 0 aliphatic carbocycles. The van der Waals surface area contributed by atoms with Crippen molar-refractivity contribution in [1.82, 2.24) is 9.47 Å². The van der Waals surface area contributed by atoms with Gasteiger partial charge < -0.3 is 9.30 Å². The summed E-state index contributed by atoms with van der Waals surface area (Å²) in [4.78, 5) is 37.0. The van der Waals surface area contributed by atoms with Gasteiger partial charge in [-0.15, -0.1) is 0 Å². The topological polar surface area (TPSA) is 68.6 Å². The van der Waals surface area contributed by atoms with Crippen LogP contribution in [-0.4, -0.2) is 39.2 Å². The van der Waals surface area contributed by atoms with E-state index in [0.717, 1.165) is 28.9 Å². The van der Waals surface area contributed by atoms with Crippen molar-refractivity contribution in [3.63, 3.8) is 0 Å². The van der Waals surface area contributed by atoms with Crippen LogP contribution in [0.25, 0.3) is 6.08 Å². The van der Waals surface area contributed by atoms with E-state index in [0.29, 0.717) is 4.91 Å². The number of imide groups is 1. The van der Waals surface area contributed by atoms with E-state index in [4.69, 9.17) is 4.74 Å². The average molecular weight is 322 g/mol. The minimum Gasteiger partial charge on any atom is -0.462 e. The monoisotopic (exact) mass is 322 g/mol. The van der Waals surface area contributed by atoms with Gasteiger partial charge in [0, 0.05) is 18.4 Å². The van der Waals surface area contributed by atoms with Crippen molar-refractivity contribution in [2.24, 2.45) is 0 Å². The van der Waals surface area contributed by atoms with Crippen LogP contribution in [0, 0.1) is 0 Å². The number of rotatable bonds is 5. The molecule has 1 aromatic heterocycles. The first kappa shape index (κ1) is 16.4. The predicted octanol–water partition coefficient (Wildman–Crippen LogP) is 2.50. The Morgan fingerprint density at radius 2 is 2.14 bits per heavy atom. The molecule has 0 atom stereocenters. The number of aryl methyl sites for hydroxylation is 1. The molecule has 0 spiro atoms. The largest absolute Gasteiger partial charge is 0.462 e. The molecule has 1 aliphatic heterocycles. The maximum absolute atomic E-state index is 12.3. The summed E-state index contributed by atoms with van der Waals surface area (Å²) in [6, 6.07) is 3.74. The lowest BCUT2D eigenvalue weighted by Crippen LogP contribution is -2.35. The SMILES string of the molecule is CCn1cccc1/C=C1/SC(=O)N(CC(=O)OC(C)C)C1=O. The van der Waals surface area contributed by atoms with Gasteiger partial charge >= 0.3 is 5.97 Å². The number of carbonyl (C=O) groups excluding carboxylic acids is 3. The zero-order valence-electron chi connectivity index (χ0n) is 12.7. The molecule has 0 radical (unpaired) electrons. The van der Waals surface area contributed by atoms with E-state index >= 15 is 0 Å². The molecule has 0 bridgehead atoms. The van der Waals surface area contributed by atoms with Gasteiger partial charge in [-0.3, -0.25) is 19.3 Å². The van der Waals surface area contributed by atoms with Gasteiger partial charge in [0.25, 0.3) is 11.1 Å². The molecule has 1 fully saturated rings. The first-order valence-corrected chi connectivity index (χ1v) is 7.84. The number of esters is 1. The van der Waals surface area contributed by atoms with E-state index in [2.05, 4.69) is 0 Å². The maximum atomic E-state index is 12.3. The van der Waals surface area contributed by atoms with E-state index < -0.39 is 17.1 Å². The van der Waals surface area contributed by atoms with Gasteiger partial charge in [0.15, 0.2) is 0 Å². The predicted molar refractivity (Wildman–Crippen MR) is 84.0 cm³/mol. The van der Waals surface area contributed by atoms with Crippen LogP contribution in [0.15, 0.2) is 23.2 Å². The molecule has 22 heavy (non-hydrogen) atoms. The van der Waals surface area contributed by atoms with Crippen LogP contribution < -0.4 is 0 Å². The molecule has 118 valence electrons. The van der Waals surface area contributed by atoms with Gasteiger partial charge in [-0.05, 0) is 50.7 Å². The van der Waals surface area contributed by atoms with E-state index in [1.54, 1.807) is 19.9 Å². The Hall–Kier alpha value is -2.02. The third kappa shape index (κ3) is 3.59. The molecule has 1 aromatic rings. The number of thioether (sulfide) groups is 1. The van der Waals surface area contributed by atoms with E-state index in [9.17, 15) is 14.4 Å². The summed E-state index contributed by atoms with van der Waals surface area (Å²) < 4.78 is 6.93. The van der Waals surface area contributed by atoms with Crippen LogP contribution in [0.1, 0.15) is 26.5 Å². The molecule has 1 saturated heterocycles. The number of carbonyl (C=O) groups is 3. The normalized spacial score (nSPS) is 16.9. The molecular weight excluding hydrogens is 304 g/mol. The Morgan fingerprint density at radius 3 is 2.77 bits per heavy atom. The number of nitrogens with zero attached hydrogens (tertiary/aromatic N) is 2. The fourth-order valence-electron chi connectivity index (χ4n) is 2.05. The summed E-state index contributed by atoms with van der Waals surface area (Å²) >= 11 is 0.838. The van der Waals surface area contributed by atoms with Gasteiger partial charge in [0.1, 0.15) is 6.54 Å². The molecule has 0 saturated carbocycles. The van der Waals surface area contributed by atoms with Crippen molar-refractivity contribution in [3.8, 4) is 0 Å². The molecule has 2 rings (SSSR count). The van der Waals surface area contributed by atoms with E-state index in [-0.39, 0.29) is 12.6 Å². The number of hydrogen-bond donors (Lipinski definition) is 0. The summed E-state index contributed by atoms with van der Waals surface area (Å²) in [5.74, 6) is -1.05. The standard InChI is InChI=1S/C15H18N2O4S/c1-4-16-7-5-6-11(16)8-12-14(19)17(15(20)22-12)9-13(18)21-10(2)3/h5-8,10H,4,9H2,1-3H3/b12-8+. The van der Waals surface area contributed by atoms with Crippen LogP contribution in [0.2, 0.25) is 0 Å². The lowest BCUT2D eigenvalue weighted by atomic mass is 10.3. The summed E-state index contributed by atoms with van der Waals surface area (Å²) in [5, 5.41) is -0.452. The highest BCUT2D eigenvalue weighted by atomic mass is 32.2. The van der Waals surface area contributed by atoms with E-state index in [1.807, 2.05) is 29.8 Å². The van der Waals surface area contributed by atoms with Gasteiger partial charge in [0.2, 0.25) is 0 Å². The van der Waals surface area contributed by atoms with Gasteiger partial charge in [-0.25, -0.2) is 0 Å². The molecule has 6 nitrogen and oxygen atoms in total. The molecule has 2 heterocycles.